The van der Waals surface area contributed by atoms with Crippen molar-refractivity contribution in [3.05, 3.63) is 49.7 Å². The van der Waals surface area contributed by atoms with Crippen LogP contribution in [0.3, 0.4) is 0 Å². The summed E-state index contributed by atoms with van der Waals surface area (Å²) in [4.78, 5) is 12.3. The molecule has 0 bridgehead atoms. The Labute approximate surface area is 152 Å². The Bertz CT molecular complexity index is 805. The van der Waals surface area contributed by atoms with Gasteiger partial charge in [-0.2, -0.15) is 0 Å². The smallest absolute Gasteiger partial charge is 0.254 e. The molecule has 7 heteroatoms. The van der Waals surface area contributed by atoms with Crippen LogP contribution < -0.4 is 15.6 Å². The van der Waals surface area contributed by atoms with Gasteiger partial charge in [0.1, 0.15) is 5.82 Å². The second kappa shape index (κ2) is 6.79. The molecule has 23 heavy (non-hydrogen) atoms. The molecule has 0 spiro atoms. The summed E-state index contributed by atoms with van der Waals surface area (Å²) in [7, 11) is 1.76. The summed E-state index contributed by atoms with van der Waals surface area (Å²) >= 11 is 11.4. The number of nitrogens with zero attached hydrogens (tertiary/aromatic N) is 1. The molecule has 0 unspecified atom stereocenters. The fraction of sp³-hybridized carbons (Fsp3) is 0.312. The van der Waals surface area contributed by atoms with E-state index in [1.54, 1.807) is 23.6 Å². The summed E-state index contributed by atoms with van der Waals surface area (Å²) in [5, 5.41) is 4.54. The number of hydrogen-bond donors (Lipinski definition) is 2. The van der Waals surface area contributed by atoms with Crippen molar-refractivity contribution in [3.8, 4) is 0 Å². The predicted molar refractivity (Wildman–Crippen MR) is 103 cm³/mol. The second-order valence-corrected chi connectivity index (χ2v) is 8.05. The number of hydrogen-bond acceptors (Lipinski definition) is 4. The molecule has 1 aliphatic carbocycles. The Morgan fingerprint density at radius 3 is 2.70 bits per heavy atom. The fourth-order valence-corrected chi connectivity index (χ4v) is 3.72. The minimum Gasteiger partial charge on any atom is -0.339 e. The third-order valence-corrected chi connectivity index (χ3v) is 5.59. The van der Waals surface area contributed by atoms with Gasteiger partial charge in [0.25, 0.3) is 5.56 Å². The molecule has 1 aromatic carbocycles. The predicted octanol–water partition coefficient (Wildman–Crippen LogP) is 5.08. The van der Waals surface area contributed by atoms with E-state index in [1.807, 2.05) is 31.2 Å². The molecule has 0 atom stereocenters. The van der Waals surface area contributed by atoms with Crippen molar-refractivity contribution in [1.29, 1.82) is 0 Å². The molecule has 1 saturated carbocycles. The van der Waals surface area contributed by atoms with Crippen molar-refractivity contribution in [2.24, 2.45) is 7.05 Å². The number of rotatable bonds is 5. The Morgan fingerprint density at radius 2 is 2.04 bits per heavy atom. The molecule has 0 radical (unpaired) electrons. The molecule has 0 saturated heterocycles. The number of halogens is 2. The number of nitrogens with one attached hydrogen (secondary N) is 2. The SMILES string of the molecule is Cc1cc(NSC2CC2)c(Nc2ccc(Br)cc2Cl)n(C)c1=O. The Kier molecular flexibility index (Phi) is 4.94. The van der Waals surface area contributed by atoms with Gasteiger partial charge in [-0.3, -0.25) is 9.36 Å². The standard InChI is InChI=1S/C16H17BrClN3OS/c1-9-7-14(20-23-11-4-5-11)15(21(2)16(9)22)19-13-6-3-10(17)8-12(13)18/h3,6-8,11,19-20H,4-5H2,1-2H3. The van der Waals surface area contributed by atoms with Crippen molar-refractivity contribution in [2.45, 2.75) is 25.0 Å². The topological polar surface area (TPSA) is 46.1 Å². The molecule has 1 heterocycles. The van der Waals surface area contributed by atoms with Crippen LogP contribution in [0.25, 0.3) is 0 Å². The maximum Gasteiger partial charge on any atom is 0.254 e. The lowest BCUT2D eigenvalue weighted by molar-refractivity contribution is 0.861. The van der Waals surface area contributed by atoms with Crippen LogP contribution in [0.2, 0.25) is 5.02 Å². The highest BCUT2D eigenvalue weighted by Crippen LogP contribution is 2.37. The van der Waals surface area contributed by atoms with Crippen LogP contribution in [0.1, 0.15) is 18.4 Å². The normalized spacial score (nSPS) is 13.9. The largest absolute Gasteiger partial charge is 0.339 e. The summed E-state index contributed by atoms with van der Waals surface area (Å²) in [6.45, 7) is 1.83. The molecule has 122 valence electrons. The van der Waals surface area contributed by atoms with Crippen LogP contribution in [0.4, 0.5) is 17.2 Å². The maximum atomic E-state index is 12.3. The zero-order chi connectivity index (χ0) is 16.6. The van der Waals surface area contributed by atoms with E-state index < -0.39 is 0 Å². The van der Waals surface area contributed by atoms with Crippen LogP contribution in [0.5, 0.6) is 0 Å². The zero-order valence-corrected chi connectivity index (χ0v) is 16.0. The van der Waals surface area contributed by atoms with Gasteiger partial charge in [0.15, 0.2) is 0 Å². The Morgan fingerprint density at radius 1 is 1.30 bits per heavy atom. The van der Waals surface area contributed by atoms with Gasteiger partial charge < -0.3 is 10.0 Å². The highest BCUT2D eigenvalue weighted by atomic mass is 79.9. The van der Waals surface area contributed by atoms with Gasteiger partial charge in [-0.15, -0.1) is 0 Å². The lowest BCUT2D eigenvalue weighted by atomic mass is 10.2. The van der Waals surface area contributed by atoms with E-state index in [0.29, 0.717) is 21.7 Å². The molecule has 3 rings (SSSR count). The second-order valence-electron chi connectivity index (χ2n) is 5.62. The van der Waals surface area contributed by atoms with E-state index in [-0.39, 0.29) is 5.56 Å². The summed E-state index contributed by atoms with van der Waals surface area (Å²) in [6.07, 6.45) is 2.48. The first-order valence-electron chi connectivity index (χ1n) is 7.30. The third kappa shape index (κ3) is 3.87. The number of aryl methyl sites for hydroxylation is 1. The van der Waals surface area contributed by atoms with Crippen molar-refractivity contribution >= 4 is 56.7 Å². The molecule has 0 aliphatic heterocycles. The Balaban J connectivity index is 1.97. The van der Waals surface area contributed by atoms with Crippen molar-refractivity contribution in [1.82, 2.24) is 4.57 Å². The van der Waals surface area contributed by atoms with Gasteiger partial charge >= 0.3 is 0 Å². The molecule has 1 aromatic heterocycles. The van der Waals surface area contributed by atoms with Gasteiger partial charge in [-0.1, -0.05) is 27.5 Å². The van der Waals surface area contributed by atoms with E-state index in [1.165, 1.54) is 12.8 Å². The van der Waals surface area contributed by atoms with E-state index >= 15 is 0 Å². The average molecular weight is 415 g/mol. The molecule has 2 aromatic rings. The van der Waals surface area contributed by atoms with Crippen molar-refractivity contribution in [3.63, 3.8) is 0 Å². The van der Waals surface area contributed by atoms with Gasteiger partial charge in [0.05, 0.1) is 16.4 Å². The molecule has 1 aliphatic rings. The van der Waals surface area contributed by atoms with Gasteiger partial charge in [0, 0.05) is 22.3 Å². The number of benzene rings is 1. The number of aromatic nitrogens is 1. The quantitative estimate of drug-likeness (QED) is 0.670. The van der Waals surface area contributed by atoms with Crippen LogP contribution >= 0.6 is 39.5 Å². The molecule has 2 N–H and O–H groups in total. The van der Waals surface area contributed by atoms with Crippen LogP contribution in [-0.4, -0.2) is 9.82 Å². The maximum absolute atomic E-state index is 12.3. The minimum atomic E-state index is -0.0253. The van der Waals surface area contributed by atoms with Gasteiger partial charge in [-0.05, 0) is 56.0 Å². The molecular weight excluding hydrogens is 398 g/mol. The Hall–Kier alpha value is -1.11. The molecule has 0 amide bonds. The van der Waals surface area contributed by atoms with Crippen molar-refractivity contribution in [2.75, 3.05) is 10.0 Å². The molecule has 4 nitrogen and oxygen atoms in total. The molecular formula is C16H17BrClN3OS. The first kappa shape index (κ1) is 16.7. The van der Waals surface area contributed by atoms with E-state index in [4.69, 9.17) is 11.6 Å². The summed E-state index contributed by atoms with van der Waals surface area (Å²) in [5.74, 6) is 0.706. The van der Waals surface area contributed by atoms with E-state index in [2.05, 4.69) is 26.0 Å². The van der Waals surface area contributed by atoms with Crippen LogP contribution in [0, 0.1) is 6.92 Å². The average Bonchev–Trinajstić information content (AvgIpc) is 3.32. The molecule has 1 fully saturated rings. The lowest BCUT2D eigenvalue weighted by Crippen LogP contribution is -2.22. The zero-order valence-electron chi connectivity index (χ0n) is 12.8. The third-order valence-electron chi connectivity index (χ3n) is 3.64. The monoisotopic (exact) mass is 413 g/mol. The van der Waals surface area contributed by atoms with E-state index in [0.717, 1.165) is 15.8 Å². The van der Waals surface area contributed by atoms with E-state index in [9.17, 15) is 4.79 Å². The van der Waals surface area contributed by atoms with Gasteiger partial charge in [-0.25, -0.2) is 0 Å². The first-order chi connectivity index (χ1) is 11.0. The summed E-state index contributed by atoms with van der Waals surface area (Å²) in [6, 6.07) is 7.50. The number of pyridine rings is 1. The number of anilines is 3. The summed E-state index contributed by atoms with van der Waals surface area (Å²) in [5.41, 5.74) is 2.33. The van der Waals surface area contributed by atoms with Crippen LogP contribution in [-0.2, 0) is 7.05 Å². The van der Waals surface area contributed by atoms with Crippen molar-refractivity contribution < 1.29 is 0 Å². The summed E-state index contributed by atoms with van der Waals surface area (Å²) < 4.78 is 5.90. The highest BCUT2D eigenvalue weighted by Gasteiger charge is 2.23. The highest BCUT2D eigenvalue weighted by molar-refractivity contribution is 9.10. The fourth-order valence-electron chi connectivity index (χ4n) is 2.17. The lowest BCUT2D eigenvalue weighted by Gasteiger charge is -2.18. The minimum absolute atomic E-state index is 0.0253. The first-order valence-corrected chi connectivity index (χ1v) is 9.35. The van der Waals surface area contributed by atoms with Crippen LogP contribution in [0.15, 0.2) is 33.5 Å². The van der Waals surface area contributed by atoms with Gasteiger partial charge in [0.2, 0.25) is 0 Å².